The third-order valence-corrected chi connectivity index (χ3v) is 4.60. The summed E-state index contributed by atoms with van der Waals surface area (Å²) in [5, 5.41) is 10.9. The molecule has 0 radical (unpaired) electrons. The quantitative estimate of drug-likeness (QED) is 0.342. The summed E-state index contributed by atoms with van der Waals surface area (Å²) >= 11 is 3.03. The Morgan fingerprint density at radius 3 is 2.68 bits per heavy atom. The van der Waals surface area contributed by atoms with Crippen molar-refractivity contribution in [1.29, 1.82) is 0 Å². The van der Waals surface area contributed by atoms with Gasteiger partial charge in [0, 0.05) is 10.6 Å². The lowest BCUT2D eigenvalue weighted by Crippen LogP contribution is -2.29. The van der Waals surface area contributed by atoms with Crippen LogP contribution in [0.2, 0.25) is 0 Å². The molecule has 19 heavy (non-hydrogen) atoms. The van der Waals surface area contributed by atoms with Gasteiger partial charge in [0.2, 0.25) is 0 Å². The van der Waals surface area contributed by atoms with Crippen LogP contribution >= 0.6 is 23.1 Å². The van der Waals surface area contributed by atoms with Crippen LogP contribution in [0.5, 0.6) is 0 Å². The number of aliphatic hydroxyl groups excluding tert-OH is 1. The average Bonchev–Trinajstić information content (AvgIpc) is 2.93. The van der Waals surface area contributed by atoms with Crippen molar-refractivity contribution in [3.8, 4) is 0 Å². The molecule has 100 valence electrons. The van der Waals surface area contributed by atoms with E-state index in [1.54, 1.807) is 11.8 Å². The molecule has 0 aliphatic rings. The van der Waals surface area contributed by atoms with Gasteiger partial charge in [-0.15, -0.1) is 23.1 Å². The summed E-state index contributed by atoms with van der Waals surface area (Å²) in [6.45, 7) is 0.0519. The van der Waals surface area contributed by atoms with Crippen molar-refractivity contribution < 1.29 is 9.90 Å². The summed E-state index contributed by atoms with van der Waals surface area (Å²) in [7, 11) is 0. The van der Waals surface area contributed by atoms with Crippen LogP contribution in [0.4, 0.5) is 0 Å². The molecule has 4 nitrogen and oxygen atoms in total. The second-order valence-electron chi connectivity index (χ2n) is 3.84. The van der Waals surface area contributed by atoms with Gasteiger partial charge in [-0.25, -0.2) is 5.84 Å². The highest BCUT2D eigenvalue weighted by molar-refractivity contribution is 7.98. The number of nitrogens with one attached hydrogen (secondary N) is 1. The standard InChI is InChI=1S/C13H14N2O2S2/c14-15-13(17)12-10(5-6-18-12)8-19-11-3-1-9(7-16)2-4-11/h1-6,16H,7-8,14H2,(H,15,17). The Morgan fingerprint density at radius 1 is 1.32 bits per heavy atom. The Kier molecular flexibility index (Phi) is 4.98. The molecule has 0 bridgehead atoms. The van der Waals surface area contributed by atoms with Gasteiger partial charge in [-0.1, -0.05) is 12.1 Å². The van der Waals surface area contributed by atoms with E-state index in [-0.39, 0.29) is 12.5 Å². The van der Waals surface area contributed by atoms with Crippen LogP contribution in [0.1, 0.15) is 20.8 Å². The molecule has 0 atom stereocenters. The number of hydrogen-bond acceptors (Lipinski definition) is 5. The normalized spacial score (nSPS) is 10.4. The SMILES string of the molecule is NNC(=O)c1sccc1CSc1ccc(CO)cc1. The Bertz CT molecular complexity index is 552. The van der Waals surface area contributed by atoms with Crippen molar-refractivity contribution >= 4 is 29.0 Å². The zero-order chi connectivity index (χ0) is 13.7. The van der Waals surface area contributed by atoms with E-state index in [1.165, 1.54) is 11.3 Å². The fraction of sp³-hybridized carbons (Fsp3) is 0.154. The number of thiophene rings is 1. The topological polar surface area (TPSA) is 75.3 Å². The molecule has 0 saturated heterocycles. The molecule has 4 N–H and O–H groups in total. The van der Waals surface area contributed by atoms with Crippen LogP contribution in [0.15, 0.2) is 40.6 Å². The van der Waals surface area contributed by atoms with E-state index < -0.39 is 0 Å². The van der Waals surface area contributed by atoms with Gasteiger partial charge in [-0.3, -0.25) is 10.2 Å². The van der Waals surface area contributed by atoms with Crippen LogP contribution in [-0.2, 0) is 12.4 Å². The molecular weight excluding hydrogens is 280 g/mol. The Balaban J connectivity index is 2.02. The van der Waals surface area contributed by atoms with Crippen LogP contribution in [0, 0.1) is 0 Å². The van der Waals surface area contributed by atoms with Gasteiger partial charge in [0.1, 0.15) is 0 Å². The van der Waals surface area contributed by atoms with Gasteiger partial charge in [0.25, 0.3) is 5.91 Å². The maximum Gasteiger partial charge on any atom is 0.275 e. The van der Waals surface area contributed by atoms with Gasteiger partial charge in [0.05, 0.1) is 11.5 Å². The maximum atomic E-state index is 11.5. The molecule has 0 fully saturated rings. The zero-order valence-corrected chi connectivity index (χ0v) is 11.8. The molecule has 1 heterocycles. The number of carbonyl (C=O) groups is 1. The number of nitrogen functional groups attached to an aromatic ring is 1. The first-order valence-electron chi connectivity index (χ1n) is 5.64. The molecular formula is C13H14N2O2S2. The monoisotopic (exact) mass is 294 g/mol. The number of thioether (sulfide) groups is 1. The van der Waals surface area contributed by atoms with E-state index in [0.29, 0.717) is 10.6 Å². The van der Waals surface area contributed by atoms with Gasteiger partial charge >= 0.3 is 0 Å². The number of carbonyl (C=O) groups excluding carboxylic acids is 1. The summed E-state index contributed by atoms with van der Waals surface area (Å²) in [6, 6.07) is 9.65. The number of hydrazine groups is 1. The first-order chi connectivity index (χ1) is 9.24. The highest BCUT2D eigenvalue weighted by Gasteiger charge is 2.11. The van der Waals surface area contributed by atoms with Crippen LogP contribution < -0.4 is 11.3 Å². The number of rotatable bonds is 5. The summed E-state index contributed by atoms with van der Waals surface area (Å²) in [5.41, 5.74) is 4.02. The van der Waals surface area contributed by atoms with Crippen molar-refractivity contribution in [1.82, 2.24) is 5.43 Å². The number of benzene rings is 1. The minimum Gasteiger partial charge on any atom is -0.392 e. The lowest BCUT2D eigenvalue weighted by Gasteiger charge is -2.04. The third-order valence-electron chi connectivity index (χ3n) is 2.58. The largest absolute Gasteiger partial charge is 0.392 e. The Hall–Kier alpha value is -1.34. The van der Waals surface area contributed by atoms with Gasteiger partial charge in [-0.2, -0.15) is 0 Å². The molecule has 1 amide bonds. The smallest absolute Gasteiger partial charge is 0.275 e. The summed E-state index contributed by atoms with van der Waals surface area (Å²) in [4.78, 5) is 13.3. The van der Waals surface area contributed by atoms with E-state index in [0.717, 1.165) is 16.0 Å². The number of hydrogen-bond donors (Lipinski definition) is 3. The van der Waals surface area contributed by atoms with E-state index in [4.69, 9.17) is 10.9 Å². The highest BCUT2D eigenvalue weighted by atomic mass is 32.2. The summed E-state index contributed by atoms with van der Waals surface area (Å²) < 4.78 is 0. The first-order valence-corrected chi connectivity index (χ1v) is 7.51. The molecule has 2 aromatic rings. The number of nitrogens with two attached hydrogens (primary N) is 1. The first kappa shape index (κ1) is 14.1. The molecule has 0 aliphatic carbocycles. The molecule has 1 aromatic carbocycles. The Labute approximate surface area is 119 Å². The van der Waals surface area contributed by atoms with Gasteiger partial charge in [-0.05, 0) is 34.7 Å². The highest BCUT2D eigenvalue weighted by Crippen LogP contribution is 2.27. The van der Waals surface area contributed by atoms with Crippen molar-refractivity contribution in [2.24, 2.45) is 5.84 Å². The zero-order valence-electron chi connectivity index (χ0n) is 10.1. The molecule has 0 saturated carbocycles. The van der Waals surface area contributed by atoms with Crippen LogP contribution in [-0.4, -0.2) is 11.0 Å². The van der Waals surface area contributed by atoms with E-state index in [1.807, 2.05) is 35.7 Å². The fourth-order valence-corrected chi connectivity index (χ4v) is 3.37. The van der Waals surface area contributed by atoms with Crippen molar-refractivity contribution in [3.05, 3.63) is 51.7 Å². The lowest BCUT2D eigenvalue weighted by atomic mass is 10.2. The fourth-order valence-electron chi connectivity index (χ4n) is 1.57. The molecule has 0 unspecified atom stereocenters. The molecule has 0 aliphatic heterocycles. The van der Waals surface area contributed by atoms with Gasteiger partial charge in [0.15, 0.2) is 0 Å². The molecule has 1 aromatic heterocycles. The number of aliphatic hydroxyl groups is 1. The van der Waals surface area contributed by atoms with E-state index in [9.17, 15) is 4.79 Å². The minimum absolute atomic E-state index is 0.0519. The molecule has 2 rings (SSSR count). The second-order valence-corrected chi connectivity index (χ2v) is 5.80. The summed E-state index contributed by atoms with van der Waals surface area (Å²) in [5.74, 6) is 5.61. The molecule has 6 heteroatoms. The molecule has 0 spiro atoms. The van der Waals surface area contributed by atoms with Crippen LogP contribution in [0.25, 0.3) is 0 Å². The third kappa shape index (κ3) is 3.57. The predicted molar refractivity (Wildman–Crippen MR) is 77.9 cm³/mol. The van der Waals surface area contributed by atoms with Crippen LogP contribution in [0.3, 0.4) is 0 Å². The van der Waals surface area contributed by atoms with Gasteiger partial charge < -0.3 is 5.11 Å². The van der Waals surface area contributed by atoms with Crippen molar-refractivity contribution in [2.45, 2.75) is 17.3 Å². The predicted octanol–water partition coefficient (Wildman–Crippen LogP) is 2.14. The Morgan fingerprint density at radius 2 is 2.05 bits per heavy atom. The van der Waals surface area contributed by atoms with E-state index in [2.05, 4.69) is 5.43 Å². The average molecular weight is 294 g/mol. The minimum atomic E-state index is -0.249. The lowest BCUT2D eigenvalue weighted by molar-refractivity contribution is 0.0957. The maximum absolute atomic E-state index is 11.5. The van der Waals surface area contributed by atoms with Crippen molar-refractivity contribution in [2.75, 3.05) is 0 Å². The second kappa shape index (κ2) is 6.72. The number of amides is 1. The van der Waals surface area contributed by atoms with Crippen molar-refractivity contribution in [3.63, 3.8) is 0 Å². The van der Waals surface area contributed by atoms with E-state index >= 15 is 0 Å². The summed E-state index contributed by atoms with van der Waals surface area (Å²) in [6.07, 6.45) is 0.